The molecule has 0 unspecified atom stereocenters. The van der Waals surface area contributed by atoms with E-state index in [2.05, 4.69) is 5.32 Å². The summed E-state index contributed by atoms with van der Waals surface area (Å²) in [4.78, 5) is 22.5. The van der Waals surface area contributed by atoms with Crippen molar-refractivity contribution in [2.45, 2.75) is 26.7 Å². The molecule has 5 heteroatoms. The molecule has 22 heavy (non-hydrogen) atoms. The van der Waals surface area contributed by atoms with Crippen LogP contribution < -0.4 is 5.32 Å². The first-order valence-corrected chi connectivity index (χ1v) is 7.01. The number of carbonyl (C=O) groups excluding carboxylic acids is 1. The number of non-ortho nitro benzene ring substituents is 1. The minimum Gasteiger partial charge on any atom is -0.326 e. The highest BCUT2D eigenvalue weighted by atomic mass is 16.6. The maximum Gasteiger partial charge on any atom is 0.269 e. The van der Waals surface area contributed by atoms with Gasteiger partial charge in [0.1, 0.15) is 0 Å². The molecular weight excluding hydrogens is 280 g/mol. The average molecular weight is 298 g/mol. The molecule has 0 saturated carbocycles. The molecule has 0 radical (unpaired) electrons. The van der Waals surface area contributed by atoms with Crippen LogP contribution >= 0.6 is 0 Å². The number of nitro groups is 1. The van der Waals surface area contributed by atoms with Gasteiger partial charge in [-0.15, -0.1) is 0 Å². The molecule has 2 rings (SSSR count). The smallest absolute Gasteiger partial charge is 0.269 e. The highest BCUT2D eigenvalue weighted by Crippen LogP contribution is 2.22. The van der Waals surface area contributed by atoms with Crippen LogP contribution in [-0.2, 0) is 4.79 Å². The van der Waals surface area contributed by atoms with Gasteiger partial charge in [0.05, 0.1) is 10.8 Å². The fourth-order valence-corrected chi connectivity index (χ4v) is 2.11. The van der Waals surface area contributed by atoms with E-state index in [4.69, 9.17) is 0 Å². The molecular formula is C17H18N2O3. The van der Waals surface area contributed by atoms with Crippen LogP contribution in [0.15, 0.2) is 42.5 Å². The zero-order chi connectivity index (χ0) is 16.3. The fourth-order valence-electron chi connectivity index (χ4n) is 2.11. The Kier molecular flexibility index (Phi) is 4.56. The number of aryl methyl sites for hydroxylation is 2. The Hall–Kier alpha value is -2.69. The first-order valence-electron chi connectivity index (χ1n) is 7.01. The number of anilines is 1. The maximum atomic E-state index is 12.3. The highest BCUT2D eigenvalue weighted by Gasteiger charge is 2.16. The predicted octanol–water partition coefficient (Wildman–Crippen LogP) is 3.95. The van der Waals surface area contributed by atoms with Crippen LogP contribution in [0.4, 0.5) is 11.4 Å². The molecule has 0 aliphatic carbocycles. The number of hydrogen-bond acceptors (Lipinski definition) is 3. The lowest BCUT2D eigenvalue weighted by molar-refractivity contribution is -0.384. The third-order valence-corrected chi connectivity index (χ3v) is 3.77. The van der Waals surface area contributed by atoms with Gasteiger partial charge in [0, 0.05) is 17.8 Å². The third-order valence-electron chi connectivity index (χ3n) is 3.77. The van der Waals surface area contributed by atoms with Crippen molar-refractivity contribution in [1.82, 2.24) is 0 Å². The summed E-state index contributed by atoms with van der Waals surface area (Å²) in [6.45, 7) is 5.78. The summed E-state index contributed by atoms with van der Waals surface area (Å²) in [6, 6.07) is 11.8. The van der Waals surface area contributed by atoms with Crippen LogP contribution in [0.25, 0.3) is 0 Å². The molecule has 0 aromatic heterocycles. The highest BCUT2D eigenvalue weighted by molar-refractivity contribution is 5.95. The third kappa shape index (κ3) is 3.49. The maximum absolute atomic E-state index is 12.3. The molecule has 0 heterocycles. The van der Waals surface area contributed by atoms with E-state index in [1.54, 1.807) is 19.1 Å². The topological polar surface area (TPSA) is 72.2 Å². The van der Waals surface area contributed by atoms with Gasteiger partial charge in [-0.25, -0.2) is 0 Å². The van der Waals surface area contributed by atoms with E-state index in [-0.39, 0.29) is 17.5 Å². The van der Waals surface area contributed by atoms with Crippen molar-refractivity contribution < 1.29 is 9.72 Å². The van der Waals surface area contributed by atoms with Crippen molar-refractivity contribution in [2.75, 3.05) is 5.32 Å². The predicted molar refractivity (Wildman–Crippen MR) is 86.1 cm³/mol. The summed E-state index contributed by atoms with van der Waals surface area (Å²) in [6.07, 6.45) is 0. The van der Waals surface area contributed by atoms with Crippen LogP contribution in [0.1, 0.15) is 29.5 Å². The van der Waals surface area contributed by atoms with Crippen molar-refractivity contribution in [3.8, 4) is 0 Å². The standard InChI is InChI=1S/C17H18N2O3/c1-11-4-7-15(10-12(11)2)18-17(20)13(3)14-5-8-16(9-6-14)19(21)22/h4-10,13H,1-3H3,(H,18,20)/t13-/m1/s1. The van der Waals surface area contributed by atoms with Gasteiger partial charge >= 0.3 is 0 Å². The number of hydrogen-bond donors (Lipinski definition) is 1. The normalized spacial score (nSPS) is 11.8. The Morgan fingerprint density at radius 2 is 1.73 bits per heavy atom. The Balaban J connectivity index is 2.11. The van der Waals surface area contributed by atoms with Crippen LogP contribution in [0.5, 0.6) is 0 Å². The minimum atomic E-state index is -0.455. The van der Waals surface area contributed by atoms with Crippen molar-refractivity contribution in [3.63, 3.8) is 0 Å². The number of benzene rings is 2. The number of rotatable bonds is 4. The molecule has 0 fully saturated rings. The monoisotopic (exact) mass is 298 g/mol. The van der Waals surface area contributed by atoms with E-state index < -0.39 is 4.92 Å². The Morgan fingerprint density at radius 3 is 2.27 bits per heavy atom. The quantitative estimate of drug-likeness (QED) is 0.686. The van der Waals surface area contributed by atoms with Gasteiger partial charge in [-0.2, -0.15) is 0 Å². The van der Waals surface area contributed by atoms with E-state index in [9.17, 15) is 14.9 Å². The molecule has 1 N–H and O–H groups in total. The average Bonchev–Trinajstić information content (AvgIpc) is 2.50. The van der Waals surface area contributed by atoms with E-state index in [1.165, 1.54) is 17.7 Å². The summed E-state index contributed by atoms with van der Waals surface area (Å²) in [5.41, 5.74) is 3.79. The first kappa shape index (κ1) is 15.7. The number of carbonyl (C=O) groups is 1. The van der Waals surface area contributed by atoms with Gasteiger partial charge in [0.25, 0.3) is 5.69 Å². The lowest BCUT2D eigenvalue weighted by Gasteiger charge is -2.13. The van der Waals surface area contributed by atoms with Gasteiger partial charge in [-0.05, 0) is 49.6 Å². The summed E-state index contributed by atoms with van der Waals surface area (Å²) >= 11 is 0. The van der Waals surface area contributed by atoms with Crippen LogP contribution in [0.2, 0.25) is 0 Å². The van der Waals surface area contributed by atoms with Gasteiger partial charge in [-0.1, -0.05) is 18.2 Å². The zero-order valence-electron chi connectivity index (χ0n) is 12.8. The number of nitrogens with zero attached hydrogens (tertiary/aromatic N) is 1. The number of nitro benzene ring substituents is 1. The first-order chi connectivity index (χ1) is 10.4. The Bertz CT molecular complexity index is 708. The van der Waals surface area contributed by atoms with Gasteiger partial charge < -0.3 is 5.32 Å². The number of amides is 1. The summed E-state index contributed by atoms with van der Waals surface area (Å²) in [5, 5.41) is 13.5. The second-order valence-electron chi connectivity index (χ2n) is 5.36. The molecule has 0 spiro atoms. The molecule has 0 aliphatic rings. The number of nitrogens with one attached hydrogen (secondary N) is 1. The van der Waals surface area contributed by atoms with E-state index in [1.807, 2.05) is 32.0 Å². The Morgan fingerprint density at radius 1 is 1.09 bits per heavy atom. The summed E-state index contributed by atoms with van der Waals surface area (Å²) in [5.74, 6) is -0.528. The van der Waals surface area contributed by atoms with Gasteiger partial charge in [0.2, 0.25) is 5.91 Å². The lowest BCUT2D eigenvalue weighted by atomic mass is 10.00. The molecule has 114 valence electrons. The Labute approximate surface area is 129 Å². The van der Waals surface area contributed by atoms with Gasteiger partial charge in [0.15, 0.2) is 0 Å². The van der Waals surface area contributed by atoms with Crippen molar-refractivity contribution in [2.24, 2.45) is 0 Å². The molecule has 2 aromatic carbocycles. The molecule has 5 nitrogen and oxygen atoms in total. The zero-order valence-corrected chi connectivity index (χ0v) is 12.8. The second-order valence-corrected chi connectivity index (χ2v) is 5.36. The molecule has 0 saturated heterocycles. The van der Waals surface area contributed by atoms with Crippen LogP contribution in [0.3, 0.4) is 0 Å². The van der Waals surface area contributed by atoms with Crippen molar-refractivity contribution >= 4 is 17.3 Å². The van der Waals surface area contributed by atoms with E-state index in [0.29, 0.717) is 0 Å². The summed E-state index contributed by atoms with van der Waals surface area (Å²) < 4.78 is 0. The fraction of sp³-hybridized carbons (Fsp3) is 0.235. The SMILES string of the molecule is Cc1ccc(NC(=O)[C@H](C)c2ccc([N+](=O)[O-])cc2)cc1C. The minimum absolute atomic E-state index is 0.0190. The van der Waals surface area contributed by atoms with Crippen LogP contribution in [-0.4, -0.2) is 10.8 Å². The molecule has 0 bridgehead atoms. The van der Waals surface area contributed by atoms with Crippen LogP contribution in [0, 0.1) is 24.0 Å². The van der Waals surface area contributed by atoms with Gasteiger partial charge in [-0.3, -0.25) is 14.9 Å². The second kappa shape index (κ2) is 6.39. The molecule has 1 amide bonds. The molecule has 0 aliphatic heterocycles. The van der Waals surface area contributed by atoms with E-state index in [0.717, 1.165) is 16.8 Å². The largest absolute Gasteiger partial charge is 0.326 e. The van der Waals surface area contributed by atoms with Crippen molar-refractivity contribution in [1.29, 1.82) is 0 Å². The lowest BCUT2D eigenvalue weighted by Crippen LogP contribution is -2.18. The molecule has 2 aromatic rings. The van der Waals surface area contributed by atoms with Crippen molar-refractivity contribution in [3.05, 3.63) is 69.3 Å². The summed E-state index contributed by atoms with van der Waals surface area (Å²) in [7, 11) is 0. The molecule has 1 atom stereocenters. The van der Waals surface area contributed by atoms with E-state index >= 15 is 0 Å².